The molecule has 1 heterocycles. The molecule has 0 unspecified atom stereocenters. The van der Waals surface area contributed by atoms with Crippen molar-refractivity contribution in [1.82, 2.24) is 0 Å². The molecule has 0 radical (unpaired) electrons. The van der Waals surface area contributed by atoms with E-state index in [1.807, 2.05) is 0 Å². The summed E-state index contributed by atoms with van der Waals surface area (Å²) in [5, 5.41) is 3.17. The van der Waals surface area contributed by atoms with Crippen LogP contribution in [0.15, 0.2) is 59.5 Å². The predicted octanol–water partition coefficient (Wildman–Crippen LogP) is 4.82. The number of amides is 1. The van der Waals surface area contributed by atoms with E-state index in [2.05, 4.69) is 10.0 Å². The highest BCUT2D eigenvalue weighted by molar-refractivity contribution is 7.92. The quantitative estimate of drug-likeness (QED) is 0.602. The average Bonchev–Trinajstić information content (AvgIpc) is 2.83. The molecular weight excluding hydrogens is 428 g/mol. The molecule has 3 aromatic carbocycles. The number of hydrogen-bond donors (Lipinski definition) is 2. The van der Waals surface area contributed by atoms with E-state index >= 15 is 0 Å². The van der Waals surface area contributed by atoms with Gasteiger partial charge in [0.1, 0.15) is 11.5 Å². The van der Waals surface area contributed by atoms with Gasteiger partial charge in [0, 0.05) is 10.7 Å². The summed E-state index contributed by atoms with van der Waals surface area (Å²) in [4.78, 5) is 12.8. The topological polar surface area (TPSA) is 93.7 Å². The fraction of sp³-hybridized carbons (Fsp3) is 0.0952. The van der Waals surface area contributed by atoms with E-state index in [-0.39, 0.29) is 16.1 Å². The maximum atomic E-state index is 12.9. The normalized spacial score (nSPS) is 12.7. The smallest absolute Gasteiger partial charge is 0.262 e. The van der Waals surface area contributed by atoms with Gasteiger partial charge in [0.05, 0.1) is 23.3 Å². The van der Waals surface area contributed by atoms with Crippen LogP contribution in [-0.2, 0) is 10.0 Å². The molecule has 7 nitrogen and oxygen atoms in total. The summed E-state index contributed by atoms with van der Waals surface area (Å²) >= 11 is 5.99. The lowest BCUT2D eigenvalue weighted by atomic mass is 10.1. The minimum atomic E-state index is -3.88. The summed E-state index contributed by atoms with van der Waals surface area (Å²) in [6.45, 7) is 1.68. The molecule has 4 rings (SSSR count). The lowest BCUT2D eigenvalue weighted by Gasteiger charge is -2.13. The van der Waals surface area contributed by atoms with Crippen molar-refractivity contribution in [2.24, 2.45) is 0 Å². The fourth-order valence-electron chi connectivity index (χ4n) is 3.12. The van der Waals surface area contributed by atoms with Gasteiger partial charge in [-0.1, -0.05) is 11.6 Å². The van der Waals surface area contributed by atoms with Crippen LogP contribution in [0.2, 0.25) is 5.02 Å². The second kappa shape index (κ2) is 7.55. The van der Waals surface area contributed by atoms with Crippen molar-refractivity contribution in [3.05, 3.63) is 70.7 Å². The first-order valence-electron chi connectivity index (χ1n) is 8.87. The molecule has 2 N–H and O–H groups in total. The number of carbonyl (C=O) groups excluding carboxylic acids is 1. The van der Waals surface area contributed by atoms with Crippen LogP contribution in [0.4, 0.5) is 11.4 Å². The van der Waals surface area contributed by atoms with E-state index in [0.717, 1.165) is 0 Å². The molecule has 0 aliphatic carbocycles. The molecule has 1 aliphatic rings. The lowest BCUT2D eigenvalue weighted by Crippen LogP contribution is -2.15. The summed E-state index contributed by atoms with van der Waals surface area (Å²) in [6, 6.07) is 14.0. The van der Waals surface area contributed by atoms with E-state index in [9.17, 15) is 13.2 Å². The maximum Gasteiger partial charge on any atom is 0.262 e. The Morgan fingerprint density at radius 2 is 1.80 bits per heavy atom. The molecule has 1 amide bonds. The Labute approximate surface area is 178 Å². The van der Waals surface area contributed by atoms with Crippen molar-refractivity contribution in [1.29, 1.82) is 0 Å². The van der Waals surface area contributed by atoms with E-state index in [1.54, 1.807) is 37.3 Å². The number of hydrogen-bond acceptors (Lipinski definition) is 5. The van der Waals surface area contributed by atoms with Gasteiger partial charge in [0.2, 0.25) is 0 Å². The second-order valence-corrected chi connectivity index (χ2v) is 8.73. The van der Waals surface area contributed by atoms with Crippen LogP contribution in [0.5, 0.6) is 17.2 Å². The third-order valence-corrected chi connectivity index (χ3v) is 6.33. The minimum absolute atomic E-state index is 0.112. The van der Waals surface area contributed by atoms with Crippen molar-refractivity contribution in [3.63, 3.8) is 0 Å². The highest BCUT2D eigenvalue weighted by atomic mass is 35.5. The van der Waals surface area contributed by atoms with Crippen molar-refractivity contribution >= 4 is 38.9 Å². The second-order valence-electron chi connectivity index (χ2n) is 6.64. The van der Waals surface area contributed by atoms with Gasteiger partial charge < -0.3 is 14.8 Å². The minimum Gasteiger partial charge on any atom is -0.497 e. The van der Waals surface area contributed by atoms with Gasteiger partial charge >= 0.3 is 0 Å². The number of aryl methyl sites for hydroxylation is 1. The van der Waals surface area contributed by atoms with Crippen LogP contribution in [-0.4, -0.2) is 21.4 Å². The fourth-order valence-corrected chi connectivity index (χ4v) is 4.57. The Morgan fingerprint density at radius 1 is 1.03 bits per heavy atom. The zero-order valence-electron chi connectivity index (χ0n) is 16.0. The molecule has 0 spiro atoms. The Bertz CT molecular complexity index is 1270. The third-order valence-electron chi connectivity index (χ3n) is 4.56. The molecular formula is C21H17ClN2O5S. The summed E-state index contributed by atoms with van der Waals surface area (Å²) in [5.74, 6) is 0.864. The number of sulfonamides is 1. The zero-order chi connectivity index (χ0) is 21.5. The molecule has 154 valence electrons. The lowest BCUT2D eigenvalue weighted by molar-refractivity contribution is 0.102. The summed E-state index contributed by atoms with van der Waals surface area (Å²) < 4.78 is 39.2. The standard InChI is InChI=1S/C21H17ClN2O5S/c1-12-9-15(28-2)5-8-20(12)30(26,27)24-14-4-7-18-16(11-14)21(25)23-17-10-13(22)3-6-19(17)29-18/h3-11,24H,1-2H3,(H,23,25). The van der Waals surface area contributed by atoms with Crippen molar-refractivity contribution in [3.8, 4) is 17.2 Å². The number of fused-ring (bicyclic) bond motifs is 2. The first kappa shape index (κ1) is 20.1. The molecule has 0 saturated carbocycles. The summed E-state index contributed by atoms with van der Waals surface area (Å²) in [7, 11) is -2.37. The van der Waals surface area contributed by atoms with E-state index in [0.29, 0.717) is 33.5 Å². The number of methoxy groups -OCH3 is 1. The van der Waals surface area contributed by atoms with Gasteiger partial charge in [-0.3, -0.25) is 9.52 Å². The molecule has 30 heavy (non-hydrogen) atoms. The van der Waals surface area contributed by atoms with E-state index in [1.165, 1.54) is 31.4 Å². The molecule has 3 aromatic rings. The third kappa shape index (κ3) is 3.79. The zero-order valence-corrected chi connectivity index (χ0v) is 17.6. The average molecular weight is 445 g/mol. The number of anilines is 2. The molecule has 0 bridgehead atoms. The van der Waals surface area contributed by atoms with Crippen LogP contribution in [0, 0.1) is 6.92 Å². The first-order chi connectivity index (χ1) is 14.3. The molecule has 1 aliphatic heterocycles. The summed E-state index contributed by atoms with van der Waals surface area (Å²) in [5.41, 5.74) is 1.38. The predicted molar refractivity (Wildman–Crippen MR) is 114 cm³/mol. The van der Waals surface area contributed by atoms with Crippen molar-refractivity contribution < 1.29 is 22.7 Å². The Hall–Kier alpha value is -3.23. The highest BCUT2D eigenvalue weighted by Crippen LogP contribution is 2.38. The maximum absolute atomic E-state index is 12.9. The van der Waals surface area contributed by atoms with Gasteiger partial charge in [0.25, 0.3) is 15.9 Å². The highest BCUT2D eigenvalue weighted by Gasteiger charge is 2.23. The Morgan fingerprint density at radius 3 is 2.53 bits per heavy atom. The number of carbonyl (C=O) groups is 1. The Kier molecular flexibility index (Phi) is 5.05. The Balaban J connectivity index is 1.66. The van der Waals surface area contributed by atoms with E-state index in [4.69, 9.17) is 21.1 Å². The first-order valence-corrected chi connectivity index (χ1v) is 10.7. The van der Waals surface area contributed by atoms with Gasteiger partial charge in [-0.15, -0.1) is 0 Å². The molecule has 0 saturated heterocycles. The SMILES string of the molecule is COc1ccc(S(=O)(=O)Nc2ccc3c(c2)C(=O)Nc2cc(Cl)ccc2O3)c(C)c1. The number of rotatable bonds is 4. The summed E-state index contributed by atoms with van der Waals surface area (Å²) in [6.07, 6.45) is 0. The van der Waals surface area contributed by atoms with Crippen molar-refractivity contribution in [2.45, 2.75) is 11.8 Å². The van der Waals surface area contributed by atoms with Crippen LogP contribution < -0.4 is 19.5 Å². The van der Waals surface area contributed by atoms with Crippen molar-refractivity contribution in [2.75, 3.05) is 17.1 Å². The van der Waals surface area contributed by atoms with Gasteiger partial charge in [-0.2, -0.15) is 0 Å². The van der Waals surface area contributed by atoms with E-state index < -0.39 is 15.9 Å². The monoisotopic (exact) mass is 444 g/mol. The van der Waals surface area contributed by atoms with Gasteiger partial charge in [0.15, 0.2) is 5.75 Å². The molecule has 0 atom stereocenters. The molecule has 0 aromatic heterocycles. The van der Waals surface area contributed by atoms with Crippen LogP contribution in [0.3, 0.4) is 0 Å². The number of benzene rings is 3. The van der Waals surface area contributed by atoms with Crippen LogP contribution in [0.1, 0.15) is 15.9 Å². The van der Waals surface area contributed by atoms with Crippen LogP contribution >= 0.6 is 11.6 Å². The largest absolute Gasteiger partial charge is 0.497 e. The number of ether oxygens (including phenoxy) is 2. The number of halogens is 1. The number of nitrogens with one attached hydrogen (secondary N) is 2. The molecule has 0 fully saturated rings. The van der Waals surface area contributed by atoms with Gasteiger partial charge in [-0.25, -0.2) is 8.42 Å². The molecule has 9 heteroatoms. The van der Waals surface area contributed by atoms with Gasteiger partial charge in [-0.05, 0) is 67.1 Å². The van der Waals surface area contributed by atoms with Crippen LogP contribution in [0.25, 0.3) is 0 Å².